The van der Waals surface area contributed by atoms with Gasteiger partial charge in [-0.05, 0) is 115 Å². The molecular weight excluding hydrogens is 650 g/mol. The molecule has 2 aromatic rings. The van der Waals surface area contributed by atoms with Gasteiger partial charge in [-0.1, -0.05) is 107 Å². The summed E-state index contributed by atoms with van der Waals surface area (Å²) in [4.78, 5) is 26.6. The number of aromatic hydroxyl groups is 2. The lowest BCUT2D eigenvalue weighted by atomic mass is 9.78. The second-order valence-corrected chi connectivity index (χ2v) is 20.6. The van der Waals surface area contributed by atoms with Crippen molar-refractivity contribution in [1.29, 1.82) is 0 Å². The topological polar surface area (TPSA) is 107 Å². The predicted molar refractivity (Wildman–Crippen MR) is 215 cm³/mol. The molecule has 52 heavy (non-hydrogen) atoms. The number of aryl methyl sites for hydroxylation is 1. The van der Waals surface area contributed by atoms with Gasteiger partial charge in [-0.15, -0.1) is 0 Å². The average molecular weight is 724 g/mol. The molecule has 0 amide bonds. The molecule has 0 spiro atoms. The van der Waals surface area contributed by atoms with Gasteiger partial charge in [0, 0.05) is 24.0 Å². The lowest BCUT2D eigenvalue weighted by Crippen LogP contribution is -2.59. The van der Waals surface area contributed by atoms with E-state index in [1.807, 2.05) is 47.6 Å². The van der Waals surface area contributed by atoms with Crippen molar-refractivity contribution in [2.45, 2.75) is 183 Å². The minimum atomic E-state index is -0.814. The SMILES string of the molecule is CC(C)(C)CC(C(=O)O)c1ccc(O)c(C(C)(C)C)c1.CC(C)(C)c1cc(CCC(=O)OCCN2C(C)(C)CCCC2(C)C)cc(C(C)(C)C)c1O. The van der Waals surface area contributed by atoms with Crippen molar-refractivity contribution in [3.05, 3.63) is 58.1 Å². The van der Waals surface area contributed by atoms with Crippen LogP contribution in [0.5, 0.6) is 11.5 Å². The number of carboxylic acids is 1. The van der Waals surface area contributed by atoms with Crippen LogP contribution in [0.1, 0.15) is 177 Å². The number of carbonyl (C=O) groups is 2. The Morgan fingerprint density at radius 1 is 0.769 bits per heavy atom. The van der Waals surface area contributed by atoms with Crippen LogP contribution in [0.4, 0.5) is 0 Å². The molecule has 0 bridgehead atoms. The minimum Gasteiger partial charge on any atom is -0.508 e. The summed E-state index contributed by atoms with van der Waals surface area (Å²) >= 11 is 0. The minimum absolute atomic E-state index is 0.0666. The number of carboxylic acid groups (broad SMARTS) is 1. The fraction of sp³-hybridized carbons (Fsp3) is 0.689. The van der Waals surface area contributed by atoms with Crippen molar-refractivity contribution in [3.63, 3.8) is 0 Å². The number of hydrogen-bond acceptors (Lipinski definition) is 6. The number of esters is 1. The highest BCUT2D eigenvalue weighted by molar-refractivity contribution is 5.76. The molecule has 3 rings (SSSR count). The summed E-state index contributed by atoms with van der Waals surface area (Å²) in [6.07, 6.45) is 5.14. The summed E-state index contributed by atoms with van der Waals surface area (Å²) in [5.74, 6) is -0.910. The smallest absolute Gasteiger partial charge is 0.310 e. The van der Waals surface area contributed by atoms with Gasteiger partial charge < -0.3 is 20.1 Å². The van der Waals surface area contributed by atoms with Crippen LogP contribution in [0.2, 0.25) is 0 Å². The van der Waals surface area contributed by atoms with Crippen LogP contribution in [0.3, 0.4) is 0 Å². The van der Waals surface area contributed by atoms with E-state index in [0.717, 1.165) is 34.4 Å². The molecular formula is C45H73NO6. The highest BCUT2D eigenvalue weighted by Crippen LogP contribution is 2.41. The van der Waals surface area contributed by atoms with Crippen molar-refractivity contribution in [2.75, 3.05) is 13.2 Å². The average Bonchev–Trinajstić information content (AvgIpc) is 2.95. The summed E-state index contributed by atoms with van der Waals surface area (Å²) in [6, 6.07) is 9.26. The first-order valence-electron chi connectivity index (χ1n) is 19.2. The lowest BCUT2D eigenvalue weighted by molar-refractivity contribution is -0.146. The maximum Gasteiger partial charge on any atom is 0.310 e. The van der Waals surface area contributed by atoms with E-state index in [1.54, 1.807) is 12.1 Å². The van der Waals surface area contributed by atoms with E-state index in [2.05, 4.69) is 86.3 Å². The lowest BCUT2D eigenvalue weighted by Gasteiger charge is -2.52. The molecule has 1 atom stereocenters. The molecule has 3 N–H and O–H groups in total. The molecule has 294 valence electrons. The summed E-state index contributed by atoms with van der Waals surface area (Å²) in [5.41, 5.74) is 4.13. The van der Waals surface area contributed by atoms with E-state index >= 15 is 0 Å². The van der Waals surface area contributed by atoms with Gasteiger partial charge in [0.15, 0.2) is 0 Å². The van der Waals surface area contributed by atoms with Gasteiger partial charge in [-0.25, -0.2) is 0 Å². The van der Waals surface area contributed by atoms with Crippen LogP contribution in [0, 0.1) is 5.41 Å². The fourth-order valence-electron chi connectivity index (χ4n) is 7.53. The zero-order valence-corrected chi connectivity index (χ0v) is 35.6. The highest BCUT2D eigenvalue weighted by atomic mass is 16.5. The van der Waals surface area contributed by atoms with E-state index < -0.39 is 11.9 Å². The van der Waals surface area contributed by atoms with Gasteiger partial charge in [-0.2, -0.15) is 0 Å². The normalized spacial score (nSPS) is 17.2. The van der Waals surface area contributed by atoms with Crippen LogP contribution in [-0.2, 0) is 37.0 Å². The first kappa shape index (κ1) is 45.1. The molecule has 1 aliphatic rings. The van der Waals surface area contributed by atoms with Crippen molar-refractivity contribution < 1.29 is 29.6 Å². The van der Waals surface area contributed by atoms with Crippen LogP contribution in [-0.4, -0.2) is 56.4 Å². The number of phenolic OH excluding ortho intramolecular Hbond substituents is 2. The maximum atomic E-state index is 12.5. The molecule has 0 radical (unpaired) electrons. The summed E-state index contributed by atoms with van der Waals surface area (Å²) in [6.45, 7) is 35.1. The molecule has 7 nitrogen and oxygen atoms in total. The number of piperidine rings is 1. The Hall–Kier alpha value is -3.06. The largest absolute Gasteiger partial charge is 0.508 e. The number of hydrogen-bond donors (Lipinski definition) is 3. The Kier molecular flexibility index (Phi) is 14.3. The van der Waals surface area contributed by atoms with Crippen molar-refractivity contribution in [1.82, 2.24) is 4.90 Å². The third-order valence-electron chi connectivity index (χ3n) is 10.4. The molecule has 0 aliphatic carbocycles. The quantitative estimate of drug-likeness (QED) is 0.221. The molecule has 1 heterocycles. The number of nitrogens with zero attached hydrogens (tertiary/aromatic N) is 1. The summed E-state index contributed by atoms with van der Waals surface area (Å²) < 4.78 is 5.64. The summed E-state index contributed by atoms with van der Waals surface area (Å²) in [7, 11) is 0. The Morgan fingerprint density at radius 3 is 1.67 bits per heavy atom. The number of ether oxygens (including phenoxy) is 1. The molecule has 1 aliphatic heterocycles. The first-order chi connectivity index (χ1) is 23.4. The summed E-state index contributed by atoms with van der Waals surface area (Å²) in [5, 5.41) is 30.4. The van der Waals surface area contributed by atoms with E-state index in [-0.39, 0.29) is 44.5 Å². The highest BCUT2D eigenvalue weighted by Gasteiger charge is 2.41. The van der Waals surface area contributed by atoms with Crippen LogP contribution in [0.15, 0.2) is 30.3 Å². The van der Waals surface area contributed by atoms with Crippen LogP contribution >= 0.6 is 0 Å². The molecule has 0 saturated carbocycles. The van der Waals surface area contributed by atoms with Gasteiger partial charge in [-0.3, -0.25) is 14.5 Å². The standard InChI is InChI=1S/C28H47NO3.C17H26O3/c1-25(2,3)21-18-20(19-22(24(21)31)26(4,5)6)12-13-23(30)32-17-16-29-27(7,8)14-11-15-28(29,9)10;1-16(2,3)10-12(15(19)20)11-7-8-14(18)13(9-11)17(4,5)6/h18-19,31H,11-17H2,1-10H3;7-9,12,18H,10H2,1-6H3,(H,19,20). The number of benzene rings is 2. The van der Waals surface area contributed by atoms with Gasteiger partial charge in [0.1, 0.15) is 18.1 Å². The molecule has 1 unspecified atom stereocenters. The zero-order chi connectivity index (χ0) is 40.3. The Bertz CT molecular complexity index is 1470. The Morgan fingerprint density at radius 2 is 1.25 bits per heavy atom. The number of likely N-dealkylation sites (tertiary alicyclic amines) is 1. The second kappa shape index (κ2) is 16.5. The van der Waals surface area contributed by atoms with E-state index in [9.17, 15) is 24.9 Å². The maximum absolute atomic E-state index is 12.5. The van der Waals surface area contributed by atoms with E-state index in [0.29, 0.717) is 31.6 Å². The monoisotopic (exact) mass is 724 g/mol. The molecule has 7 heteroatoms. The van der Waals surface area contributed by atoms with Crippen LogP contribution in [0.25, 0.3) is 0 Å². The molecule has 2 aromatic carbocycles. The van der Waals surface area contributed by atoms with Gasteiger partial charge >= 0.3 is 11.9 Å². The van der Waals surface area contributed by atoms with Crippen LogP contribution < -0.4 is 0 Å². The fourth-order valence-corrected chi connectivity index (χ4v) is 7.53. The number of rotatable bonds is 9. The van der Waals surface area contributed by atoms with Gasteiger partial charge in [0.25, 0.3) is 0 Å². The number of aliphatic carboxylic acids is 1. The molecule has 1 fully saturated rings. The number of phenols is 2. The number of carbonyl (C=O) groups excluding carboxylic acids is 1. The van der Waals surface area contributed by atoms with E-state index in [4.69, 9.17) is 4.74 Å². The second-order valence-electron chi connectivity index (χ2n) is 20.6. The van der Waals surface area contributed by atoms with Crippen molar-refractivity contribution in [2.24, 2.45) is 5.41 Å². The Labute approximate surface area is 316 Å². The first-order valence-corrected chi connectivity index (χ1v) is 19.2. The third kappa shape index (κ3) is 12.8. The predicted octanol–water partition coefficient (Wildman–Crippen LogP) is 10.8. The zero-order valence-electron chi connectivity index (χ0n) is 35.6. The third-order valence-corrected chi connectivity index (χ3v) is 10.4. The molecule has 0 aromatic heterocycles. The van der Waals surface area contributed by atoms with Crippen molar-refractivity contribution in [3.8, 4) is 11.5 Å². The van der Waals surface area contributed by atoms with Gasteiger partial charge in [0.05, 0.1) is 5.92 Å². The van der Waals surface area contributed by atoms with Gasteiger partial charge in [0.2, 0.25) is 0 Å². The van der Waals surface area contributed by atoms with Crippen molar-refractivity contribution >= 4 is 11.9 Å². The molecule has 1 saturated heterocycles. The Balaban J connectivity index is 0.000000402. The van der Waals surface area contributed by atoms with E-state index in [1.165, 1.54) is 19.3 Å².